The van der Waals surface area contributed by atoms with Crippen LogP contribution < -0.4 is 15.4 Å². The number of para-hydroxylation sites is 1. The second kappa shape index (κ2) is 8.63. The number of benzene rings is 2. The first-order valence-electron chi connectivity index (χ1n) is 7.83. The summed E-state index contributed by atoms with van der Waals surface area (Å²) in [5.74, 6) is -0.0952. The Morgan fingerprint density at radius 2 is 1.92 bits per heavy atom. The first-order chi connectivity index (χ1) is 12.0. The van der Waals surface area contributed by atoms with Crippen molar-refractivity contribution >= 4 is 23.8 Å². The van der Waals surface area contributed by atoms with E-state index in [2.05, 4.69) is 10.6 Å². The Kier molecular flexibility index (Phi) is 6.28. The molecule has 6 nitrogen and oxygen atoms in total. The van der Waals surface area contributed by atoms with Crippen molar-refractivity contribution in [3.63, 3.8) is 0 Å². The Balaban J connectivity index is 1.93. The van der Waals surface area contributed by atoms with Crippen LogP contribution in [-0.4, -0.2) is 24.7 Å². The van der Waals surface area contributed by atoms with Gasteiger partial charge in [0.15, 0.2) is 12.9 Å². The van der Waals surface area contributed by atoms with E-state index in [1.54, 1.807) is 42.5 Å². The smallest absolute Gasteiger partial charge is 0.258 e. The minimum Gasteiger partial charge on any atom is -0.483 e. The van der Waals surface area contributed by atoms with Crippen LogP contribution in [0.1, 0.15) is 35.8 Å². The number of aldehydes is 1. The molecule has 0 spiro atoms. The van der Waals surface area contributed by atoms with Gasteiger partial charge in [0, 0.05) is 12.6 Å². The monoisotopic (exact) mass is 340 g/mol. The van der Waals surface area contributed by atoms with E-state index in [0.29, 0.717) is 23.3 Å². The highest BCUT2D eigenvalue weighted by Crippen LogP contribution is 2.18. The fourth-order valence-electron chi connectivity index (χ4n) is 2.31. The standard InChI is InChI=1S/C19H20N2O4/c1-13(15-7-5-8-17(10-15)21-14(2)23)20-19(24)12-25-18-9-4-3-6-16(18)11-22/h3-11,13H,12H2,1-2H3,(H,20,24)(H,21,23)/t13-/m1/s1. The number of hydrogen-bond acceptors (Lipinski definition) is 4. The summed E-state index contributed by atoms with van der Waals surface area (Å²) in [7, 11) is 0. The van der Waals surface area contributed by atoms with Crippen LogP contribution in [0, 0.1) is 0 Å². The number of hydrogen-bond donors (Lipinski definition) is 2. The number of rotatable bonds is 7. The highest BCUT2D eigenvalue weighted by Gasteiger charge is 2.12. The third kappa shape index (κ3) is 5.46. The van der Waals surface area contributed by atoms with E-state index in [0.717, 1.165) is 5.56 Å². The molecule has 0 radical (unpaired) electrons. The van der Waals surface area contributed by atoms with Crippen LogP contribution in [0.3, 0.4) is 0 Å². The minimum atomic E-state index is -0.307. The van der Waals surface area contributed by atoms with E-state index in [-0.39, 0.29) is 24.5 Å². The van der Waals surface area contributed by atoms with Gasteiger partial charge in [0.2, 0.25) is 5.91 Å². The first-order valence-corrected chi connectivity index (χ1v) is 7.83. The van der Waals surface area contributed by atoms with Crippen LogP contribution in [-0.2, 0) is 9.59 Å². The zero-order valence-electron chi connectivity index (χ0n) is 14.1. The molecule has 0 fully saturated rings. The van der Waals surface area contributed by atoms with Crippen molar-refractivity contribution in [1.82, 2.24) is 5.32 Å². The van der Waals surface area contributed by atoms with Crippen LogP contribution in [0.5, 0.6) is 5.75 Å². The maximum absolute atomic E-state index is 12.1. The van der Waals surface area contributed by atoms with Crippen molar-refractivity contribution in [2.75, 3.05) is 11.9 Å². The largest absolute Gasteiger partial charge is 0.483 e. The van der Waals surface area contributed by atoms with E-state index in [1.807, 2.05) is 13.0 Å². The lowest BCUT2D eigenvalue weighted by Crippen LogP contribution is -2.31. The highest BCUT2D eigenvalue weighted by molar-refractivity contribution is 5.88. The fraction of sp³-hybridized carbons (Fsp3) is 0.211. The van der Waals surface area contributed by atoms with Crippen LogP contribution in [0.25, 0.3) is 0 Å². The van der Waals surface area contributed by atoms with Gasteiger partial charge in [0.25, 0.3) is 5.91 Å². The average molecular weight is 340 g/mol. The van der Waals surface area contributed by atoms with Crippen molar-refractivity contribution in [3.05, 3.63) is 59.7 Å². The second-order valence-corrected chi connectivity index (χ2v) is 5.54. The summed E-state index contributed by atoms with van der Waals surface area (Å²) < 4.78 is 5.40. The molecular formula is C19H20N2O4. The molecule has 6 heteroatoms. The molecule has 0 saturated heterocycles. The van der Waals surface area contributed by atoms with E-state index in [9.17, 15) is 14.4 Å². The van der Waals surface area contributed by atoms with Crippen molar-refractivity contribution in [1.29, 1.82) is 0 Å². The summed E-state index contributed by atoms with van der Waals surface area (Å²) in [6.45, 7) is 3.08. The lowest BCUT2D eigenvalue weighted by molar-refractivity contribution is -0.123. The van der Waals surface area contributed by atoms with E-state index in [4.69, 9.17) is 4.74 Å². The Morgan fingerprint density at radius 3 is 2.64 bits per heavy atom. The molecule has 2 aromatic carbocycles. The summed E-state index contributed by atoms with van der Waals surface area (Å²) in [5.41, 5.74) is 1.92. The molecule has 25 heavy (non-hydrogen) atoms. The van der Waals surface area contributed by atoms with Gasteiger partial charge in [0.1, 0.15) is 5.75 Å². The van der Waals surface area contributed by atoms with Gasteiger partial charge in [-0.15, -0.1) is 0 Å². The van der Waals surface area contributed by atoms with E-state index in [1.165, 1.54) is 6.92 Å². The van der Waals surface area contributed by atoms with Gasteiger partial charge in [-0.2, -0.15) is 0 Å². The number of anilines is 1. The minimum absolute atomic E-state index is 0.156. The summed E-state index contributed by atoms with van der Waals surface area (Å²) in [5, 5.41) is 5.52. The molecule has 0 saturated carbocycles. The SMILES string of the molecule is CC(=O)Nc1cccc([C@@H](C)NC(=O)COc2ccccc2C=O)c1. The van der Waals surface area contributed by atoms with E-state index >= 15 is 0 Å². The van der Waals surface area contributed by atoms with Crippen molar-refractivity contribution in [3.8, 4) is 5.75 Å². The van der Waals surface area contributed by atoms with Crippen molar-refractivity contribution < 1.29 is 19.1 Å². The number of ether oxygens (including phenoxy) is 1. The number of nitrogens with one attached hydrogen (secondary N) is 2. The first kappa shape index (κ1) is 18.2. The van der Waals surface area contributed by atoms with Gasteiger partial charge in [-0.05, 0) is 36.8 Å². The van der Waals surface area contributed by atoms with Gasteiger partial charge in [-0.3, -0.25) is 14.4 Å². The van der Waals surface area contributed by atoms with E-state index < -0.39 is 0 Å². The fourth-order valence-corrected chi connectivity index (χ4v) is 2.31. The molecule has 0 heterocycles. The molecule has 130 valence electrons. The number of carbonyl (C=O) groups excluding carboxylic acids is 3. The zero-order valence-corrected chi connectivity index (χ0v) is 14.1. The van der Waals surface area contributed by atoms with Gasteiger partial charge >= 0.3 is 0 Å². The Morgan fingerprint density at radius 1 is 1.16 bits per heavy atom. The molecule has 2 amide bonds. The number of amides is 2. The topological polar surface area (TPSA) is 84.5 Å². The second-order valence-electron chi connectivity index (χ2n) is 5.54. The predicted molar refractivity (Wildman–Crippen MR) is 94.6 cm³/mol. The van der Waals surface area contributed by atoms with Crippen LogP contribution in [0.4, 0.5) is 5.69 Å². The molecular weight excluding hydrogens is 320 g/mol. The van der Waals surface area contributed by atoms with Crippen molar-refractivity contribution in [2.45, 2.75) is 19.9 Å². The lowest BCUT2D eigenvalue weighted by Gasteiger charge is -2.16. The third-order valence-corrected chi connectivity index (χ3v) is 3.49. The summed E-state index contributed by atoms with van der Waals surface area (Å²) >= 11 is 0. The molecule has 0 bridgehead atoms. The highest BCUT2D eigenvalue weighted by atomic mass is 16.5. The molecule has 0 unspecified atom stereocenters. The normalized spacial score (nSPS) is 11.3. The Bertz CT molecular complexity index is 774. The molecule has 0 aliphatic carbocycles. The zero-order chi connectivity index (χ0) is 18.2. The molecule has 1 atom stereocenters. The average Bonchev–Trinajstić information content (AvgIpc) is 2.59. The Hall–Kier alpha value is -3.15. The lowest BCUT2D eigenvalue weighted by atomic mass is 10.1. The van der Waals surface area contributed by atoms with Crippen LogP contribution in [0.2, 0.25) is 0 Å². The predicted octanol–water partition coefficient (Wildman–Crippen LogP) is 2.71. The van der Waals surface area contributed by atoms with Gasteiger partial charge < -0.3 is 15.4 Å². The summed E-state index contributed by atoms with van der Waals surface area (Å²) in [6.07, 6.45) is 0.684. The summed E-state index contributed by atoms with van der Waals surface area (Å²) in [6, 6.07) is 13.7. The maximum atomic E-state index is 12.1. The maximum Gasteiger partial charge on any atom is 0.258 e. The van der Waals surface area contributed by atoms with Crippen LogP contribution >= 0.6 is 0 Å². The Labute approximate surface area is 146 Å². The molecule has 0 aromatic heterocycles. The molecule has 0 aliphatic rings. The molecule has 2 N–H and O–H groups in total. The molecule has 0 aliphatic heterocycles. The molecule has 2 rings (SSSR count). The third-order valence-electron chi connectivity index (χ3n) is 3.49. The molecule has 2 aromatic rings. The van der Waals surface area contributed by atoms with Gasteiger partial charge in [-0.1, -0.05) is 24.3 Å². The van der Waals surface area contributed by atoms with Crippen LogP contribution in [0.15, 0.2) is 48.5 Å². The van der Waals surface area contributed by atoms with Gasteiger partial charge in [-0.25, -0.2) is 0 Å². The van der Waals surface area contributed by atoms with Crippen molar-refractivity contribution in [2.24, 2.45) is 0 Å². The quantitative estimate of drug-likeness (QED) is 0.759. The number of carbonyl (C=O) groups is 3. The van der Waals surface area contributed by atoms with Gasteiger partial charge in [0.05, 0.1) is 11.6 Å². The summed E-state index contributed by atoms with van der Waals surface area (Å²) in [4.78, 5) is 34.1.